The van der Waals surface area contributed by atoms with Gasteiger partial charge < -0.3 is 0 Å². The van der Waals surface area contributed by atoms with E-state index in [9.17, 15) is 0 Å². The van der Waals surface area contributed by atoms with Gasteiger partial charge in [-0.3, -0.25) is 0 Å². The van der Waals surface area contributed by atoms with Gasteiger partial charge in [-0.1, -0.05) is 14.9 Å². The highest BCUT2D eigenvalue weighted by atomic mass is 32.1. The molecule has 0 bridgehead atoms. The maximum atomic E-state index is 2.33. The molecule has 3 aromatic rings. The van der Waals surface area contributed by atoms with Crippen molar-refractivity contribution >= 4 is 42.8 Å². The lowest BCUT2D eigenvalue weighted by molar-refractivity contribution is 1.56. The van der Waals surface area contributed by atoms with Crippen LogP contribution < -0.4 is 0 Å². The second-order valence-corrected chi connectivity index (χ2v) is 6.96. The summed E-state index contributed by atoms with van der Waals surface area (Å²) in [5, 5.41) is 2.91. The highest BCUT2D eigenvalue weighted by Crippen LogP contribution is 2.40. The SMILES string of the molecule is C.C.Cc1cc2c(C)c3sc(C)cc3c(C)c2s1. The molecule has 2 aromatic heterocycles. The Bertz CT molecular complexity index is 584. The van der Waals surface area contributed by atoms with E-state index in [4.69, 9.17) is 0 Å². The Morgan fingerprint density at radius 1 is 0.667 bits per heavy atom. The van der Waals surface area contributed by atoms with E-state index in [1.165, 1.54) is 41.1 Å². The van der Waals surface area contributed by atoms with Crippen LogP contribution in [-0.2, 0) is 0 Å². The Hall–Kier alpha value is -0.860. The van der Waals surface area contributed by atoms with Gasteiger partial charge in [0.05, 0.1) is 0 Å². The smallest absolute Gasteiger partial charge is 0.0384 e. The Kier molecular flexibility index (Phi) is 4.24. The van der Waals surface area contributed by atoms with Crippen LogP contribution in [0.25, 0.3) is 20.2 Å². The van der Waals surface area contributed by atoms with E-state index < -0.39 is 0 Å². The first-order valence-electron chi connectivity index (χ1n) is 5.47. The molecule has 0 unspecified atom stereocenters. The molecule has 2 heteroatoms. The zero-order valence-electron chi connectivity index (χ0n) is 9.97. The van der Waals surface area contributed by atoms with E-state index in [0.717, 1.165) is 0 Å². The van der Waals surface area contributed by atoms with E-state index in [1.807, 2.05) is 22.7 Å². The number of aryl methyl sites for hydroxylation is 4. The summed E-state index contributed by atoms with van der Waals surface area (Å²) < 4.78 is 2.94. The molecule has 0 fully saturated rings. The molecule has 0 aliphatic rings. The van der Waals surface area contributed by atoms with Crippen LogP contribution in [0.4, 0.5) is 0 Å². The molecule has 3 rings (SSSR count). The van der Waals surface area contributed by atoms with E-state index >= 15 is 0 Å². The van der Waals surface area contributed by atoms with E-state index in [2.05, 4.69) is 39.8 Å². The van der Waals surface area contributed by atoms with Crippen molar-refractivity contribution in [1.82, 2.24) is 0 Å². The van der Waals surface area contributed by atoms with Gasteiger partial charge in [0.25, 0.3) is 0 Å². The number of thiophene rings is 2. The highest BCUT2D eigenvalue weighted by molar-refractivity contribution is 7.21. The fourth-order valence-corrected chi connectivity index (χ4v) is 4.55. The Labute approximate surface area is 118 Å². The van der Waals surface area contributed by atoms with Crippen LogP contribution >= 0.6 is 22.7 Å². The predicted octanol–water partition coefficient (Wildman–Crippen LogP) is 6.62. The van der Waals surface area contributed by atoms with Crippen molar-refractivity contribution in [2.75, 3.05) is 0 Å². The molecule has 0 aliphatic heterocycles. The Balaban J connectivity index is 0.000000810. The topological polar surface area (TPSA) is 0 Å². The van der Waals surface area contributed by atoms with Gasteiger partial charge in [-0.05, 0) is 61.7 Å². The first-order chi connectivity index (χ1) is 7.58. The van der Waals surface area contributed by atoms with Crippen molar-refractivity contribution in [2.45, 2.75) is 42.5 Å². The number of hydrogen-bond acceptors (Lipinski definition) is 2. The first-order valence-corrected chi connectivity index (χ1v) is 7.10. The molecule has 0 saturated heterocycles. The summed E-state index contributed by atoms with van der Waals surface area (Å²) in [4.78, 5) is 2.83. The Morgan fingerprint density at radius 2 is 1.00 bits per heavy atom. The maximum absolute atomic E-state index is 2.33. The van der Waals surface area contributed by atoms with Crippen LogP contribution in [0.15, 0.2) is 12.1 Å². The van der Waals surface area contributed by atoms with E-state index in [-0.39, 0.29) is 14.9 Å². The zero-order valence-corrected chi connectivity index (χ0v) is 11.6. The molecule has 0 saturated carbocycles. The molecule has 0 spiro atoms. The molecule has 1 aromatic carbocycles. The van der Waals surface area contributed by atoms with Crippen molar-refractivity contribution in [3.63, 3.8) is 0 Å². The van der Waals surface area contributed by atoms with Gasteiger partial charge in [0.2, 0.25) is 0 Å². The third-order valence-electron chi connectivity index (χ3n) is 3.20. The summed E-state index contributed by atoms with van der Waals surface area (Å²) in [5.41, 5.74) is 2.91. The Morgan fingerprint density at radius 3 is 1.33 bits per heavy atom. The lowest BCUT2D eigenvalue weighted by Gasteiger charge is -2.03. The molecular formula is C16H22S2. The molecule has 0 nitrogen and oxygen atoms in total. The summed E-state index contributed by atoms with van der Waals surface area (Å²) >= 11 is 3.84. The minimum atomic E-state index is 0. The van der Waals surface area contributed by atoms with Gasteiger partial charge >= 0.3 is 0 Å². The van der Waals surface area contributed by atoms with Gasteiger partial charge in [0, 0.05) is 19.2 Å². The molecular weight excluding hydrogens is 256 g/mol. The lowest BCUT2D eigenvalue weighted by atomic mass is 10.0. The average Bonchev–Trinajstić information content (AvgIpc) is 2.78. The molecule has 2 heterocycles. The van der Waals surface area contributed by atoms with Gasteiger partial charge in [-0.2, -0.15) is 0 Å². The number of benzene rings is 1. The normalized spacial score (nSPS) is 10.4. The van der Waals surface area contributed by atoms with Crippen molar-refractivity contribution < 1.29 is 0 Å². The number of hydrogen-bond donors (Lipinski definition) is 0. The van der Waals surface area contributed by atoms with Crippen LogP contribution in [0.2, 0.25) is 0 Å². The van der Waals surface area contributed by atoms with Crippen LogP contribution in [0.3, 0.4) is 0 Å². The zero-order chi connectivity index (χ0) is 11.4. The summed E-state index contributed by atoms with van der Waals surface area (Å²) in [7, 11) is 0. The summed E-state index contributed by atoms with van der Waals surface area (Å²) in [6, 6.07) is 4.66. The first kappa shape index (κ1) is 15.2. The molecule has 98 valence electrons. The quantitative estimate of drug-likeness (QED) is 0.433. The van der Waals surface area contributed by atoms with Gasteiger partial charge in [-0.25, -0.2) is 0 Å². The maximum Gasteiger partial charge on any atom is 0.0384 e. The third kappa shape index (κ3) is 1.98. The standard InChI is InChI=1S/C14H14S2.2CH4/c1-7-5-11-9(3)14-12(6-8(2)16-14)10(4)13(11)15-7;;/h5-6H,1-4H3;2*1H4. The molecule has 0 atom stereocenters. The largest absolute Gasteiger partial charge is 0.140 e. The predicted molar refractivity (Wildman–Crippen MR) is 89.6 cm³/mol. The second-order valence-electron chi connectivity index (χ2n) is 4.45. The second kappa shape index (κ2) is 5.02. The van der Waals surface area contributed by atoms with E-state index in [1.54, 1.807) is 0 Å². The summed E-state index contributed by atoms with van der Waals surface area (Å²) in [6.45, 7) is 8.91. The number of rotatable bonds is 0. The minimum absolute atomic E-state index is 0. The fourth-order valence-electron chi connectivity index (χ4n) is 2.39. The highest BCUT2D eigenvalue weighted by Gasteiger charge is 2.12. The number of fused-ring (bicyclic) bond motifs is 2. The molecule has 18 heavy (non-hydrogen) atoms. The molecule has 0 amide bonds. The monoisotopic (exact) mass is 278 g/mol. The van der Waals surface area contributed by atoms with Crippen molar-refractivity contribution in [3.8, 4) is 0 Å². The fraction of sp³-hybridized carbons (Fsp3) is 0.375. The van der Waals surface area contributed by atoms with Crippen molar-refractivity contribution in [1.29, 1.82) is 0 Å². The van der Waals surface area contributed by atoms with Crippen LogP contribution in [-0.4, -0.2) is 0 Å². The van der Waals surface area contributed by atoms with Gasteiger partial charge in [-0.15, -0.1) is 22.7 Å². The van der Waals surface area contributed by atoms with Crippen LogP contribution in [0.5, 0.6) is 0 Å². The van der Waals surface area contributed by atoms with E-state index in [0.29, 0.717) is 0 Å². The van der Waals surface area contributed by atoms with Crippen LogP contribution in [0, 0.1) is 27.7 Å². The minimum Gasteiger partial charge on any atom is -0.140 e. The van der Waals surface area contributed by atoms with Crippen LogP contribution in [0.1, 0.15) is 35.7 Å². The van der Waals surface area contributed by atoms with Gasteiger partial charge in [0.1, 0.15) is 0 Å². The molecule has 0 aliphatic carbocycles. The molecule has 0 N–H and O–H groups in total. The summed E-state index contributed by atoms with van der Waals surface area (Å²) in [6.07, 6.45) is 0. The van der Waals surface area contributed by atoms with Crippen molar-refractivity contribution in [3.05, 3.63) is 33.0 Å². The average molecular weight is 278 g/mol. The summed E-state index contributed by atoms with van der Waals surface area (Å²) in [5.74, 6) is 0. The van der Waals surface area contributed by atoms with Gasteiger partial charge in [0.15, 0.2) is 0 Å². The third-order valence-corrected chi connectivity index (χ3v) is 5.54. The van der Waals surface area contributed by atoms with Crippen molar-refractivity contribution in [2.24, 2.45) is 0 Å². The molecule has 0 radical (unpaired) electrons. The lowest BCUT2D eigenvalue weighted by Crippen LogP contribution is -1.79.